The number of carboxylic acids is 1. The van der Waals surface area contributed by atoms with E-state index in [1.807, 2.05) is 13.0 Å². The highest BCUT2D eigenvalue weighted by Gasteiger charge is 2.30. The molecule has 24 heavy (non-hydrogen) atoms. The van der Waals surface area contributed by atoms with E-state index in [0.29, 0.717) is 24.6 Å². The van der Waals surface area contributed by atoms with Gasteiger partial charge in [-0.3, -0.25) is 9.69 Å². The van der Waals surface area contributed by atoms with Gasteiger partial charge in [0.25, 0.3) is 0 Å². The summed E-state index contributed by atoms with van der Waals surface area (Å²) in [5, 5.41) is 11.6. The van der Waals surface area contributed by atoms with E-state index in [4.69, 9.17) is 14.6 Å². The number of carbonyl (C=O) groups is 2. The molecule has 0 unspecified atom stereocenters. The van der Waals surface area contributed by atoms with Crippen LogP contribution in [0.5, 0.6) is 11.5 Å². The summed E-state index contributed by atoms with van der Waals surface area (Å²) in [7, 11) is 1.51. The maximum absolute atomic E-state index is 12.1. The van der Waals surface area contributed by atoms with Crippen LogP contribution >= 0.6 is 0 Å². The molecular formula is C17H24N2O5. The fourth-order valence-electron chi connectivity index (χ4n) is 2.91. The van der Waals surface area contributed by atoms with E-state index in [9.17, 15) is 9.59 Å². The number of nitrogens with zero attached hydrogens (tertiary/aromatic N) is 1. The number of likely N-dealkylation sites (N-methyl/N-ethyl adjacent to an activating group) is 1. The third kappa shape index (κ3) is 4.61. The maximum Gasteiger partial charge on any atom is 0.341 e. The van der Waals surface area contributed by atoms with Gasteiger partial charge in [-0.1, -0.05) is 6.07 Å². The number of methoxy groups -OCH3 is 1. The van der Waals surface area contributed by atoms with Gasteiger partial charge in [0.15, 0.2) is 18.1 Å². The molecule has 1 amide bonds. The Morgan fingerprint density at radius 2 is 2.17 bits per heavy atom. The summed E-state index contributed by atoms with van der Waals surface area (Å²) >= 11 is 0. The van der Waals surface area contributed by atoms with Crippen LogP contribution in [0.15, 0.2) is 18.2 Å². The van der Waals surface area contributed by atoms with E-state index < -0.39 is 12.6 Å². The quantitative estimate of drug-likeness (QED) is 0.743. The number of hydrogen-bond donors (Lipinski definition) is 2. The average molecular weight is 336 g/mol. The molecule has 1 saturated heterocycles. The van der Waals surface area contributed by atoms with Crippen molar-refractivity contribution in [1.82, 2.24) is 10.2 Å². The Bertz CT molecular complexity index is 590. The molecule has 2 N–H and O–H groups in total. The zero-order valence-electron chi connectivity index (χ0n) is 14.1. The lowest BCUT2D eigenvalue weighted by molar-refractivity contribution is -0.139. The Morgan fingerprint density at radius 3 is 2.83 bits per heavy atom. The van der Waals surface area contributed by atoms with Crippen molar-refractivity contribution in [2.45, 2.75) is 32.4 Å². The maximum atomic E-state index is 12.1. The number of nitrogens with one attached hydrogen (secondary N) is 1. The van der Waals surface area contributed by atoms with Crippen molar-refractivity contribution in [2.75, 3.05) is 26.8 Å². The minimum absolute atomic E-state index is 0.0610. The van der Waals surface area contributed by atoms with Crippen LogP contribution in [0.4, 0.5) is 0 Å². The first-order valence-corrected chi connectivity index (χ1v) is 8.08. The summed E-state index contributed by atoms with van der Waals surface area (Å²) in [6, 6.07) is 5.31. The normalized spacial score (nSPS) is 17.5. The molecule has 0 aliphatic carbocycles. The smallest absolute Gasteiger partial charge is 0.341 e. The Labute approximate surface area is 141 Å². The Morgan fingerprint density at radius 1 is 1.38 bits per heavy atom. The number of carbonyl (C=O) groups excluding carboxylic acids is 1. The monoisotopic (exact) mass is 336 g/mol. The molecule has 1 aromatic rings. The molecule has 1 aromatic carbocycles. The molecule has 2 rings (SSSR count). The van der Waals surface area contributed by atoms with Gasteiger partial charge in [0.1, 0.15) is 0 Å². The topological polar surface area (TPSA) is 88.1 Å². The SMILES string of the molecule is CCNC(=O)[C@@H]1CCCN1Cc1ccc(OC)c(OCC(=O)O)c1. The fraction of sp³-hybridized carbons (Fsp3) is 0.529. The van der Waals surface area contributed by atoms with Crippen molar-refractivity contribution in [3.8, 4) is 11.5 Å². The molecule has 0 aromatic heterocycles. The van der Waals surface area contributed by atoms with E-state index in [1.54, 1.807) is 12.1 Å². The Balaban J connectivity index is 2.09. The van der Waals surface area contributed by atoms with Crippen LogP contribution in [-0.2, 0) is 16.1 Å². The number of hydrogen-bond acceptors (Lipinski definition) is 5. The van der Waals surface area contributed by atoms with Gasteiger partial charge in [0, 0.05) is 13.1 Å². The molecule has 0 bridgehead atoms. The molecule has 7 nitrogen and oxygen atoms in total. The van der Waals surface area contributed by atoms with E-state index in [2.05, 4.69) is 10.2 Å². The first-order valence-electron chi connectivity index (χ1n) is 8.08. The largest absolute Gasteiger partial charge is 0.493 e. The highest BCUT2D eigenvalue weighted by Crippen LogP contribution is 2.29. The molecule has 0 spiro atoms. The highest BCUT2D eigenvalue weighted by atomic mass is 16.5. The van der Waals surface area contributed by atoms with Crippen LogP contribution in [0.25, 0.3) is 0 Å². The summed E-state index contributed by atoms with van der Waals surface area (Å²) in [6.07, 6.45) is 1.84. The van der Waals surface area contributed by atoms with Crippen molar-refractivity contribution in [3.63, 3.8) is 0 Å². The molecule has 1 aliphatic heterocycles. The van der Waals surface area contributed by atoms with Crippen molar-refractivity contribution < 1.29 is 24.2 Å². The number of benzene rings is 1. The highest BCUT2D eigenvalue weighted by molar-refractivity contribution is 5.82. The lowest BCUT2D eigenvalue weighted by Crippen LogP contribution is -2.42. The Hall–Kier alpha value is -2.28. The van der Waals surface area contributed by atoms with Crippen LogP contribution in [0.3, 0.4) is 0 Å². The number of amides is 1. The third-order valence-corrected chi connectivity index (χ3v) is 3.98. The zero-order valence-corrected chi connectivity index (χ0v) is 14.1. The zero-order chi connectivity index (χ0) is 17.5. The third-order valence-electron chi connectivity index (χ3n) is 3.98. The molecule has 0 radical (unpaired) electrons. The minimum atomic E-state index is -1.04. The number of rotatable bonds is 8. The lowest BCUT2D eigenvalue weighted by atomic mass is 10.1. The van der Waals surface area contributed by atoms with Crippen molar-refractivity contribution in [3.05, 3.63) is 23.8 Å². The second kappa shape index (κ2) is 8.54. The number of ether oxygens (including phenoxy) is 2. The average Bonchev–Trinajstić information content (AvgIpc) is 3.01. The Kier molecular flexibility index (Phi) is 6.43. The summed E-state index contributed by atoms with van der Waals surface area (Å²) in [5.41, 5.74) is 0.951. The second-order valence-electron chi connectivity index (χ2n) is 5.69. The number of likely N-dealkylation sites (tertiary alicyclic amines) is 1. The number of aliphatic carboxylic acids is 1. The minimum Gasteiger partial charge on any atom is -0.493 e. The predicted octanol–water partition coefficient (Wildman–Crippen LogP) is 1.26. The molecule has 1 atom stereocenters. The summed E-state index contributed by atoms with van der Waals surface area (Å²) < 4.78 is 10.5. The van der Waals surface area contributed by atoms with Gasteiger partial charge in [0.05, 0.1) is 13.2 Å². The van der Waals surface area contributed by atoms with E-state index in [0.717, 1.165) is 24.9 Å². The summed E-state index contributed by atoms with van der Waals surface area (Å²) in [4.78, 5) is 25.0. The van der Waals surface area contributed by atoms with Gasteiger partial charge in [0.2, 0.25) is 5.91 Å². The van der Waals surface area contributed by atoms with Crippen molar-refractivity contribution in [2.24, 2.45) is 0 Å². The summed E-state index contributed by atoms with van der Waals surface area (Å²) in [5.74, 6) is -0.1000. The molecular weight excluding hydrogens is 312 g/mol. The molecule has 1 heterocycles. The first kappa shape index (κ1) is 18.1. The molecule has 7 heteroatoms. The standard InChI is InChI=1S/C17H24N2O5/c1-3-18-17(22)13-5-4-8-19(13)10-12-6-7-14(23-2)15(9-12)24-11-16(20)21/h6-7,9,13H,3-5,8,10-11H2,1-2H3,(H,18,22)(H,20,21)/t13-/m0/s1. The van der Waals surface area contributed by atoms with Gasteiger partial charge < -0.3 is 19.9 Å². The number of carboxylic acid groups (broad SMARTS) is 1. The molecule has 1 aliphatic rings. The molecule has 1 fully saturated rings. The molecule has 0 saturated carbocycles. The van der Waals surface area contributed by atoms with Crippen molar-refractivity contribution in [1.29, 1.82) is 0 Å². The van der Waals surface area contributed by atoms with E-state index in [-0.39, 0.29) is 11.9 Å². The predicted molar refractivity (Wildman–Crippen MR) is 88.2 cm³/mol. The van der Waals surface area contributed by atoms with E-state index in [1.165, 1.54) is 7.11 Å². The van der Waals surface area contributed by atoms with Crippen molar-refractivity contribution >= 4 is 11.9 Å². The van der Waals surface area contributed by atoms with Gasteiger partial charge in [-0.25, -0.2) is 4.79 Å². The van der Waals surface area contributed by atoms with Gasteiger partial charge in [-0.2, -0.15) is 0 Å². The first-order chi connectivity index (χ1) is 11.5. The van der Waals surface area contributed by atoms with Crippen LogP contribution in [0.2, 0.25) is 0 Å². The van der Waals surface area contributed by atoms with E-state index >= 15 is 0 Å². The van der Waals surface area contributed by atoms with Crippen LogP contribution in [-0.4, -0.2) is 54.7 Å². The second-order valence-corrected chi connectivity index (χ2v) is 5.69. The fourth-order valence-corrected chi connectivity index (χ4v) is 2.91. The van der Waals surface area contributed by atoms with Gasteiger partial charge in [-0.15, -0.1) is 0 Å². The summed E-state index contributed by atoms with van der Waals surface area (Å²) in [6.45, 7) is 3.57. The van der Waals surface area contributed by atoms with Crippen LogP contribution < -0.4 is 14.8 Å². The van der Waals surface area contributed by atoms with Gasteiger partial charge >= 0.3 is 5.97 Å². The lowest BCUT2D eigenvalue weighted by Gasteiger charge is -2.24. The molecule has 132 valence electrons. The van der Waals surface area contributed by atoms with Gasteiger partial charge in [-0.05, 0) is 44.0 Å². The van der Waals surface area contributed by atoms with Crippen LogP contribution in [0.1, 0.15) is 25.3 Å². The van der Waals surface area contributed by atoms with Crippen LogP contribution in [0, 0.1) is 0 Å².